The summed E-state index contributed by atoms with van der Waals surface area (Å²) in [5.41, 5.74) is -1.71. The maximum absolute atomic E-state index is 12.8. The Labute approximate surface area is 115 Å². The SMILES string of the molecule is CCC1CCC(n2cc(C(=O)O)c(C(F)(F)F)c2)CC1. The van der Waals surface area contributed by atoms with E-state index >= 15 is 0 Å². The summed E-state index contributed by atoms with van der Waals surface area (Å²) in [6.45, 7) is 2.12. The average Bonchev–Trinajstić information content (AvgIpc) is 2.84. The van der Waals surface area contributed by atoms with E-state index in [1.165, 1.54) is 4.57 Å². The van der Waals surface area contributed by atoms with Gasteiger partial charge in [-0.1, -0.05) is 13.3 Å². The molecule has 0 saturated heterocycles. The Morgan fingerprint density at radius 3 is 2.30 bits per heavy atom. The van der Waals surface area contributed by atoms with E-state index in [-0.39, 0.29) is 6.04 Å². The molecule has 1 aromatic heterocycles. The molecule has 0 aromatic carbocycles. The molecule has 0 aliphatic heterocycles. The predicted molar refractivity (Wildman–Crippen MR) is 67.7 cm³/mol. The molecule has 1 N–H and O–H groups in total. The van der Waals surface area contributed by atoms with Crippen molar-refractivity contribution in [3.05, 3.63) is 23.5 Å². The van der Waals surface area contributed by atoms with Gasteiger partial charge in [-0.15, -0.1) is 0 Å². The highest BCUT2D eigenvalue weighted by Crippen LogP contribution is 2.38. The predicted octanol–water partition coefficient (Wildman–Crippen LogP) is 4.35. The lowest BCUT2D eigenvalue weighted by molar-refractivity contribution is -0.138. The third-order valence-electron chi connectivity index (χ3n) is 4.20. The Hall–Kier alpha value is -1.46. The van der Waals surface area contributed by atoms with Crippen molar-refractivity contribution in [1.29, 1.82) is 0 Å². The minimum atomic E-state index is -4.63. The lowest BCUT2D eigenvalue weighted by Gasteiger charge is -2.28. The Morgan fingerprint density at radius 2 is 1.90 bits per heavy atom. The molecule has 0 radical (unpaired) electrons. The first-order chi connectivity index (χ1) is 9.32. The summed E-state index contributed by atoms with van der Waals surface area (Å²) in [6.07, 6.45) is 2.13. The Morgan fingerprint density at radius 1 is 1.30 bits per heavy atom. The van der Waals surface area contributed by atoms with Gasteiger partial charge in [-0.3, -0.25) is 0 Å². The lowest BCUT2D eigenvalue weighted by Crippen LogP contribution is -2.17. The van der Waals surface area contributed by atoms with Gasteiger partial charge in [0.25, 0.3) is 0 Å². The molecule has 1 aliphatic carbocycles. The minimum absolute atomic E-state index is 0.0213. The van der Waals surface area contributed by atoms with Crippen LogP contribution in [0.15, 0.2) is 12.4 Å². The van der Waals surface area contributed by atoms with E-state index in [1.807, 2.05) is 0 Å². The van der Waals surface area contributed by atoms with Crippen LogP contribution in [0.1, 0.15) is 61.0 Å². The van der Waals surface area contributed by atoms with Crippen molar-refractivity contribution in [1.82, 2.24) is 4.57 Å². The first-order valence-electron chi connectivity index (χ1n) is 6.84. The number of aromatic nitrogens is 1. The number of nitrogens with zero attached hydrogens (tertiary/aromatic N) is 1. The fourth-order valence-electron chi connectivity index (χ4n) is 2.93. The number of hydrogen-bond donors (Lipinski definition) is 1. The van der Waals surface area contributed by atoms with Crippen molar-refractivity contribution >= 4 is 5.97 Å². The first-order valence-corrected chi connectivity index (χ1v) is 6.84. The van der Waals surface area contributed by atoms with Crippen molar-refractivity contribution in [2.24, 2.45) is 5.92 Å². The van der Waals surface area contributed by atoms with E-state index in [9.17, 15) is 18.0 Å². The lowest BCUT2D eigenvalue weighted by atomic mass is 9.84. The van der Waals surface area contributed by atoms with Crippen LogP contribution in [-0.4, -0.2) is 15.6 Å². The molecular formula is C14H18F3NO2. The zero-order valence-corrected chi connectivity index (χ0v) is 11.3. The van der Waals surface area contributed by atoms with E-state index < -0.39 is 23.3 Å². The molecule has 0 unspecified atom stereocenters. The smallest absolute Gasteiger partial charge is 0.418 e. The van der Waals surface area contributed by atoms with Crippen molar-refractivity contribution in [3.63, 3.8) is 0 Å². The number of alkyl halides is 3. The molecule has 3 nitrogen and oxygen atoms in total. The largest absolute Gasteiger partial charge is 0.478 e. The van der Waals surface area contributed by atoms with Gasteiger partial charge in [-0.25, -0.2) is 4.79 Å². The van der Waals surface area contributed by atoms with Gasteiger partial charge in [-0.2, -0.15) is 13.2 Å². The van der Waals surface area contributed by atoms with Crippen molar-refractivity contribution in [2.45, 2.75) is 51.2 Å². The molecule has 1 saturated carbocycles. The summed E-state index contributed by atoms with van der Waals surface area (Å²) in [4.78, 5) is 10.9. The monoisotopic (exact) mass is 289 g/mol. The Bertz CT molecular complexity index is 485. The van der Waals surface area contributed by atoms with E-state index in [4.69, 9.17) is 5.11 Å². The van der Waals surface area contributed by atoms with Gasteiger partial charge in [0.05, 0.1) is 11.1 Å². The molecule has 0 amide bonds. The van der Waals surface area contributed by atoms with Crippen LogP contribution in [0, 0.1) is 5.92 Å². The quantitative estimate of drug-likeness (QED) is 0.899. The second kappa shape index (κ2) is 5.50. The molecule has 0 atom stereocenters. The Balaban J connectivity index is 2.24. The van der Waals surface area contributed by atoms with Crippen molar-refractivity contribution < 1.29 is 23.1 Å². The standard InChI is InChI=1S/C14H18F3NO2/c1-2-9-3-5-10(6-4-9)18-7-11(13(19)20)12(8-18)14(15,16)17/h7-10H,2-6H2,1H3,(H,19,20). The van der Waals surface area contributed by atoms with Crippen LogP contribution in [-0.2, 0) is 6.18 Å². The maximum atomic E-state index is 12.8. The molecule has 0 bridgehead atoms. The average molecular weight is 289 g/mol. The van der Waals surface area contributed by atoms with E-state index in [0.29, 0.717) is 5.92 Å². The van der Waals surface area contributed by atoms with Gasteiger partial charge in [0.2, 0.25) is 0 Å². The molecule has 1 aromatic rings. The van der Waals surface area contributed by atoms with Gasteiger partial charge in [0.15, 0.2) is 0 Å². The number of aromatic carboxylic acids is 1. The zero-order chi connectivity index (χ0) is 14.9. The summed E-state index contributed by atoms with van der Waals surface area (Å²) in [5, 5.41) is 8.91. The summed E-state index contributed by atoms with van der Waals surface area (Å²) in [7, 11) is 0. The molecule has 0 spiro atoms. The highest BCUT2D eigenvalue weighted by atomic mass is 19.4. The summed E-state index contributed by atoms with van der Waals surface area (Å²) in [6, 6.07) is -0.0213. The second-order valence-corrected chi connectivity index (χ2v) is 5.42. The molecule has 1 aliphatic rings. The summed E-state index contributed by atoms with van der Waals surface area (Å²) in [5.74, 6) is -0.888. The molecule has 6 heteroatoms. The van der Waals surface area contributed by atoms with Gasteiger partial charge >= 0.3 is 12.1 Å². The van der Waals surface area contributed by atoms with Crippen molar-refractivity contribution in [3.8, 4) is 0 Å². The molecule has 1 heterocycles. The third-order valence-corrected chi connectivity index (χ3v) is 4.20. The van der Waals surface area contributed by atoms with Crippen LogP contribution >= 0.6 is 0 Å². The fraction of sp³-hybridized carbons (Fsp3) is 0.643. The molecular weight excluding hydrogens is 271 g/mol. The van der Waals surface area contributed by atoms with Gasteiger partial charge in [0, 0.05) is 18.4 Å². The van der Waals surface area contributed by atoms with E-state index in [0.717, 1.165) is 44.5 Å². The third kappa shape index (κ3) is 2.99. The van der Waals surface area contributed by atoms with Gasteiger partial charge in [-0.05, 0) is 31.6 Å². The maximum Gasteiger partial charge on any atom is 0.418 e. The number of hydrogen-bond acceptors (Lipinski definition) is 1. The highest BCUT2D eigenvalue weighted by molar-refractivity contribution is 5.89. The summed E-state index contributed by atoms with van der Waals surface area (Å²) >= 11 is 0. The minimum Gasteiger partial charge on any atom is -0.478 e. The van der Waals surface area contributed by atoms with Crippen LogP contribution in [0.3, 0.4) is 0 Å². The highest BCUT2D eigenvalue weighted by Gasteiger charge is 2.37. The number of halogens is 3. The molecule has 2 rings (SSSR count). The van der Waals surface area contributed by atoms with Crippen LogP contribution in [0.5, 0.6) is 0 Å². The normalized spacial score (nSPS) is 23.8. The molecule has 1 fully saturated rings. The van der Waals surface area contributed by atoms with Gasteiger partial charge < -0.3 is 9.67 Å². The fourth-order valence-corrected chi connectivity index (χ4v) is 2.93. The van der Waals surface area contributed by atoms with Crippen LogP contribution in [0.4, 0.5) is 13.2 Å². The molecule has 112 valence electrons. The Kier molecular flexibility index (Phi) is 4.11. The summed E-state index contributed by atoms with van der Waals surface area (Å²) < 4.78 is 39.9. The number of carboxylic acids is 1. The van der Waals surface area contributed by atoms with Crippen molar-refractivity contribution in [2.75, 3.05) is 0 Å². The van der Waals surface area contributed by atoms with E-state index in [1.54, 1.807) is 0 Å². The number of rotatable bonds is 3. The second-order valence-electron chi connectivity index (χ2n) is 5.42. The number of carboxylic acid groups (broad SMARTS) is 1. The zero-order valence-electron chi connectivity index (χ0n) is 11.3. The first kappa shape index (κ1) is 14.9. The van der Waals surface area contributed by atoms with Crippen LogP contribution < -0.4 is 0 Å². The van der Waals surface area contributed by atoms with Crippen LogP contribution in [0.2, 0.25) is 0 Å². The van der Waals surface area contributed by atoms with E-state index in [2.05, 4.69) is 6.92 Å². The topological polar surface area (TPSA) is 42.2 Å². The van der Waals surface area contributed by atoms with Crippen LogP contribution in [0.25, 0.3) is 0 Å². The number of carbonyl (C=O) groups is 1. The van der Waals surface area contributed by atoms with Gasteiger partial charge in [0.1, 0.15) is 0 Å². The molecule has 20 heavy (non-hydrogen) atoms.